The molecule has 0 unspecified atom stereocenters. The number of halogens is 1. The number of benzene rings is 2. The van der Waals surface area contributed by atoms with Crippen molar-refractivity contribution in [1.29, 1.82) is 0 Å². The third-order valence-electron chi connectivity index (χ3n) is 3.20. The van der Waals surface area contributed by atoms with Gasteiger partial charge in [0.1, 0.15) is 17.2 Å². The van der Waals surface area contributed by atoms with E-state index in [1.165, 1.54) is 0 Å². The molecule has 0 radical (unpaired) electrons. The molecule has 1 N–H and O–H groups in total. The molecule has 1 heterocycles. The SMILES string of the molecule is CCOC(=O)c1n[nH]nc1-c1ccccc1Oc1ccc(Br)cc1. The van der Waals surface area contributed by atoms with Gasteiger partial charge in [-0.15, -0.1) is 5.10 Å². The lowest BCUT2D eigenvalue weighted by atomic mass is 10.1. The highest BCUT2D eigenvalue weighted by atomic mass is 79.9. The Labute approximate surface area is 146 Å². The molecule has 0 aliphatic rings. The topological polar surface area (TPSA) is 77.1 Å². The first kappa shape index (κ1) is 16.2. The lowest BCUT2D eigenvalue weighted by Gasteiger charge is -2.10. The minimum Gasteiger partial charge on any atom is -0.461 e. The Hall–Kier alpha value is -2.67. The normalized spacial score (nSPS) is 10.4. The number of hydrogen-bond acceptors (Lipinski definition) is 5. The molecule has 0 spiro atoms. The van der Waals surface area contributed by atoms with Crippen molar-refractivity contribution in [3.63, 3.8) is 0 Å². The summed E-state index contributed by atoms with van der Waals surface area (Å²) in [6.45, 7) is 2.00. The third kappa shape index (κ3) is 3.46. The molecule has 3 aromatic rings. The van der Waals surface area contributed by atoms with Gasteiger partial charge in [-0.2, -0.15) is 10.3 Å². The van der Waals surface area contributed by atoms with E-state index in [4.69, 9.17) is 9.47 Å². The monoisotopic (exact) mass is 387 g/mol. The van der Waals surface area contributed by atoms with Crippen LogP contribution in [0.25, 0.3) is 11.3 Å². The van der Waals surface area contributed by atoms with Crippen LogP contribution in [0, 0.1) is 0 Å². The molecule has 0 atom stereocenters. The number of aromatic nitrogens is 3. The van der Waals surface area contributed by atoms with Crippen molar-refractivity contribution in [2.75, 3.05) is 6.61 Å². The first-order valence-corrected chi connectivity index (χ1v) is 8.09. The quantitative estimate of drug-likeness (QED) is 0.663. The molecule has 1 aromatic heterocycles. The molecule has 3 rings (SSSR count). The molecule has 2 aromatic carbocycles. The number of aromatic amines is 1. The highest BCUT2D eigenvalue weighted by Gasteiger charge is 2.21. The van der Waals surface area contributed by atoms with Crippen LogP contribution in [-0.4, -0.2) is 28.0 Å². The highest BCUT2D eigenvalue weighted by molar-refractivity contribution is 9.10. The second-order valence-corrected chi connectivity index (χ2v) is 5.71. The van der Waals surface area contributed by atoms with Gasteiger partial charge in [-0.05, 0) is 43.3 Å². The van der Waals surface area contributed by atoms with Gasteiger partial charge >= 0.3 is 5.97 Å². The van der Waals surface area contributed by atoms with Crippen LogP contribution in [0.4, 0.5) is 0 Å². The molecular weight excluding hydrogens is 374 g/mol. The Kier molecular flexibility index (Phi) is 4.90. The van der Waals surface area contributed by atoms with E-state index >= 15 is 0 Å². The summed E-state index contributed by atoms with van der Waals surface area (Å²) in [6, 6.07) is 14.8. The van der Waals surface area contributed by atoms with Crippen LogP contribution in [0.1, 0.15) is 17.4 Å². The van der Waals surface area contributed by atoms with E-state index in [-0.39, 0.29) is 12.3 Å². The Morgan fingerprint density at radius 3 is 2.62 bits per heavy atom. The third-order valence-corrected chi connectivity index (χ3v) is 3.73. The standard InChI is InChI=1S/C17H14BrN3O3/c1-2-23-17(22)16-15(19-21-20-16)13-5-3-4-6-14(13)24-12-9-7-11(18)8-10-12/h3-10H,2H2,1H3,(H,19,20,21). The summed E-state index contributed by atoms with van der Waals surface area (Å²) in [7, 11) is 0. The van der Waals surface area contributed by atoms with E-state index in [0.717, 1.165) is 4.47 Å². The van der Waals surface area contributed by atoms with E-state index in [1.54, 1.807) is 13.0 Å². The Balaban J connectivity index is 1.97. The molecule has 0 bridgehead atoms. The van der Waals surface area contributed by atoms with Crippen LogP contribution in [0.5, 0.6) is 11.5 Å². The van der Waals surface area contributed by atoms with Crippen LogP contribution in [0.2, 0.25) is 0 Å². The van der Waals surface area contributed by atoms with E-state index in [1.807, 2.05) is 42.5 Å². The van der Waals surface area contributed by atoms with Gasteiger partial charge in [0.15, 0.2) is 5.69 Å². The number of nitrogens with one attached hydrogen (secondary N) is 1. The largest absolute Gasteiger partial charge is 0.461 e. The molecule has 0 saturated heterocycles. The lowest BCUT2D eigenvalue weighted by Crippen LogP contribution is -2.07. The van der Waals surface area contributed by atoms with Gasteiger partial charge in [0.2, 0.25) is 0 Å². The van der Waals surface area contributed by atoms with Crippen LogP contribution in [0.3, 0.4) is 0 Å². The average molecular weight is 388 g/mol. The number of H-pyrrole nitrogens is 1. The first-order chi connectivity index (χ1) is 11.7. The van der Waals surface area contributed by atoms with Crippen molar-refractivity contribution in [2.45, 2.75) is 6.92 Å². The van der Waals surface area contributed by atoms with Gasteiger partial charge in [-0.25, -0.2) is 4.79 Å². The minimum absolute atomic E-state index is 0.128. The first-order valence-electron chi connectivity index (χ1n) is 7.29. The maximum atomic E-state index is 12.0. The molecule has 0 aliphatic heterocycles. The Bertz CT molecular complexity index is 846. The summed E-state index contributed by atoms with van der Waals surface area (Å²) in [4.78, 5) is 12.0. The summed E-state index contributed by atoms with van der Waals surface area (Å²) in [5.74, 6) is 0.714. The summed E-state index contributed by atoms with van der Waals surface area (Å²) in [5.41, 5.74) is 1.17. The minimum atomic E-state index is -0.528. The van der Waals surface area contributed by atoms with Gasteiger partial charge < -0.3 is 9.47 Å². The number of ether oxygens (including phenoxy) is 2. The van der Waals surface area contributed by atoms with Crippen molar-refractivity contribution < 1.29 is 14.3 Å². The number of nitrogens with zero attached hydrogens (tertiary/aromatic N) is 2. The van der Waals surface area contributed by atoms with E-state index < -0.39 is 5.97 Å². The van der Waals surface area contributed by atoms with E-state index in [0.29, 0.717) is 22.8 Å². The number of para-hydroxylation sites is 1. The lowest BCUT2D eigenvalue weighted by molar-refractivity contribution is 0.0520. The molecule has 0 fully saturated rings. The van der Waals surface area contributed by atoms with E-state index in [2.05, 4.69) is 31.3 Å². The number of rotatable bonds is 5. The van der Waals surface area contributed by atoms with E-state index in [9.17, 15) is 4.79 Å². The second-order valence-electron chi connectivity index (χ2n) is 4.79. The van der Waals surface area contributed by atoms with Gasteiger partial charge in [-0.1, -0.05) is 28.1 Å². The highest BCUT2D eigenvalue weighted by Crippen LogP contribution is 2.33. The predicted octanol–water partition coefficient (Wildman–Crippen LogP) is 4.20. The van der Waals surface area contributed by atoms with Crippen molar-refractivity contribution >= 4 is 21.9 Å². The molecule has 0 aliphatic carbocycles. The fraction of sp³-hybridized carbons (Fsp3) is 0.118. The van der Waals surface area contributed by atoms with Crippen molar-refractivity contribution in [2.24, 2.45) is 0 Å². The van der Waals surface area contributed by atoms with Gasteiger partial charge in [0.05, 0.1) is 6.61 Å². The number of carbonyl (C=O) groups is 1. The zero-order valence-electron chi connectivity index (χ0n) is 12.8. The summed E-state index contributed by atoms with van der Waals surface area (Å²) in [6.07, 6.45) is 0. The molecule has 7 heteroatoms. The Morgan fingerprint density at radius 2 is 1.88 bits per heavy atom. The molecular formula is C17H14BrN3O3. The fourth-order valence-electron chi connectivity index (χ4n) is 2.14. The molecule has 24 heavy (non-hydrogen) atoms. The summed E-state index contributed by atoms with van der Waals surface area (Å²) < 4.78 is 11.9. The molecule has 6 nitrogen and oxygen atoms in total. The van der Waals surface area contributed by atoms with Crippen molar-refractivity contribution in [3.05, 3.63) is 58.7 Å². The Morgan fingerprint density at radius 1 is 1.12 bits per heavy atom. The van der Waals surface area contributed by atoms with Crippen LogP contribution in [0.15, 0.2) is 53.0 Å². The van der Waals surface area contributed by atoms with Crippen molar-refractivity contribution in [1.82, 2.24) is 15.4 Å². The summed E-state index contributed by atoms with van der Waals surface area (Å²) >= 11 is 3.39. The number of esters is 1. The number of carbonyl (C=O) groups excluding carboxylic acids is 1. The average Bonchev–Trinajstić information content (AvgIpc) is 3.07. The van der Waals surface area contributed by atoms with Crippen LogP contribution < -0.4 is 4.74 Å². The zero-order chi connectivity index (χ0) is 16.9. The van der Waals surface area contributed by atoms with Crippen LogP contribution in [-0.2, 0) is 4.74 Å². The van der Waals surface area contributed by atoms with Gasteiger partial charge in [0, 0.05) is 10.0 Å². The second kappa shape index (κ2) is 7.27. The fourth-order valence-corrected chi connectivity index (χ4v) is 2.41. The maximum absolute atomic E-state index is 12.0. The summed E-state index contributed by atoms with van der Waals surface area (Å²) in [5, 5.41) is 10.5. The zero-order valence-corrected chi connectivity index (χ0v) is 14.4. The number of hydrogen-bond donors (Lipinski definition) is 1. The van der Waals surface area contributed by atoms with Crippen LogP contribution >= 0.6 is 15.9 Å². The smallest absolute Gasteiger partial charge is 0.361 e. The molecule has 122 valence electrons. The predicted molar refractivity (Wildman–Crippen MR) is 92.0 cm³/mol. The van der Waals surface area contributed by atoms with Gasteiger partial charge in [-0.3, -0.25) is 0 Å². The van der Waals surface area contributed by atoms with Crippen molar-refractivity contribution in [3.8, 4) is 22.8 Å². The maximum Gasteiger partial charge on any atom is 0.361 e. The molecule has 0 amide bonds. The molecule has 0 saturated carbocycles. The van der Waals surface area contributed by atoms with Gasteiger partial charge in [0.25, 0.3) is 0 Å².